The molecular weight excluding hydrogens is 367 g/mol. The Labute approximate surface area is 158 Å². The van der Waals surface area contributed by atoms with E-state index in [4.69, 9.17) is 5.73 Å². The number of nitrogen functional groups attached to an aromatic ring is 1. The second-order valence-electron chi connectivity index (χ2n) is 6.26. The number of carboxylic acid groups (broad SMARTS) is 1. The molecule has 3 aromatic rings. The summed E-state index contributed by atoms with van der Waals surface area (Å²) in [4.78, 5) is 26.9. The first-order chi connectivity index (χ1) is 12.9. The molecule has 0 unspecified atom stereocenters. The maximum absolute atomic E-state index is 14.0. The molecule has 2 heterocycles. The Hall–Kier alpha value is -3.19. The van der Waals surface area contributed by atoms with Crippen molar-refractivity contribution in [1.29, 1.82) is 0 Å². The first-order valence-electron chi connectivity index (χ1n) is 8.27. The molecule has 7 heteroatoms. The molecule has 0 saturated heterocycles. The third kappa shape index (κ3) is 3.06. The highest BCUT2D eigenvalue weighted by molar-refractivity contribution is 7.17. The molecule has 0 bridgehead atoms. The van der Waals surface area contributed by atoms with Crippen LogP contribution in [0.5, 0.6) is 0 Å². The molecule has 0 saturated carbocycles. The van der Waals surface area contributed by atoms with Gasteiger partial charge >= 0.3 is 5.97 Å². The number of hydrogen-bond acceptors (Lipinski definition) is 4. The lowest BCUT2D eigenvalue weighted by molar-refractivity contribution is 0.0701. The highest BCUT2D eigenvalue weighted by atomic mass is 32.1. The zero-order valence-electron chi connectivity index (χ0n) is 14.1. The van der Waals surface area contributed by atoms with E-state index >= 15 is 0 Å². The van der Waals surface area contributed by atoms with Gasteiger partial charge in [-0.2, -0.15) is 0 Å². The lowest BCUT2D eigenvalue weighted by Gasteiger charge is -2.23. The van der Waals surface area contributed by atoms with Crippen LogP contribution in [-0.2, 0) is 6.42 Å². The van der Waals surface area contributed by atoms with Gasteiger partial charge in [0.25, 0.3) is 5.91 Å². The number of hydrogen-bond donors (Lipinski definition) is 2. The Balaban J connectivity index is 1.83. The van der Waals surface area contributed by atoms with Crippen LogP contribution >= 0.6 is 11.3 Å². The lowest BCUT2D eigenvalue weighted by Crippen LogP contribution is -2.32. The number of carboxylic acids is 1. The number of amides is 1. The summed E-state index contributed by atoms with van der Waals surface area (Å²) in [6.45, 7) is 0.322. The largest absolute Gasteiger partial charge is 0.477 e. The van der Waals surface area contributed by atoms with Gasteiger partial charge in [0.15, 0.2) is 0 Å². The summed E-state index contributed by atoms with van der Waals surface area (Å²) in [6.07, 6.45) is 0.482. The molecule has 1 amide bonds. The summed E-state index contributed by atoms with van der Waals surface area (Å²) in [6, 6.07) is 12.4. The molecule has 1 aliphatic heterocycles. The lowest BCUT2D eigenvalue weighted by atomic mass is 10.1. The van der Waals surface area contributed by atoms with Crippen molar-refractivity contribution in [2.45, 2.75) is 6.42 Å². The smallest absolute Gasteiger partial charge is 0.345 e. The van der Waals surface area contributed by atoms with E-state index in [1.165, 1.54) is 17.0 Å². The van der Waals surface area contributed by atoms with E-state index in [0.29, 0.717) is 35.5 Å². The predicted molar refractivity (Wildman–Crippen MR) is 103 cm³/mol. The number of thiophene rings is 1. The number of fused-ring (bicyclic) bond motifs is 3. The molecular formula is C20H15FN2O3S. The minimum atomic E-state index is -0.994. The van der Waals surface area contributed by atoms with Crippen LogP contribution < -0.4 is 10.6 Å². The molecule has 3 N–H and O–H groups in total. The number of nitrogens with two attached hydrogens (primary N) is 1. The van der Waals surface area contributed by atoms with E-state index in [0.717, 1.165) is 21.8 Å². The van der Waals surface area contributed by atoms with Crippen molar-refractivity contribution < 1.29 is 19.1 Å². The van der Waals surface area contributed by atoms with Crippen molar-refractivity contribution in [3.63, 3.8) is 0 Å². The number of anilines is 2. The first kappa shape index (κ1) is 17.2. The molecule has 1 aliphatic rings. The minimum absolute atomic E-state index is 0.230. The second kappa shape index (κ2) is 6.51. The Kier molecular flexibility index (Phi) is 4.16. The SMILES string of the molecule is Nc1ccc(C(=O)N2CCc3cc(C(=O)O)sc3-c3ccc(F)cc32)cc1. The number of benzene rings is 2. The summed E-state index contributed by atoms with van der Waals surface area (Å²) in [5.74, 6) is -1.70. The monoisotopic (exact) mass is 382 g/mol. The Morgan fingerprint density at radius 3 is 2.56 bits per heavy atom. The van der Waals surface area contributed by atoms with Crippen molar-refractivity contribution in [1.82, 2.24) is 0 Å². The van der Waals surface area contributed by atoms with E-state index < -0.39 is 11.8 Å². The normalized spacial score (nSPS) is 12.9. The Morgan fingerprint density at radius 1 is 1.11 bits per heavy atom. The molecule has 0 radical (unpaired) electrons. The molecule has 0 atom stereocenters. The van der Waals surface area contributed by atoms with E-state index in [9.17, 15) is 19.1 Å². The van der Waals surface area contributed by atoms with Gasteiger partial charge in [0.05, 0.1) is 5.69 Å². The second-order valence-corrected chi connectivity index (χ2v) is 7.31. The van der Waals surface area contributed by atoms with E-state index in [1.807, 2.05) is 0 Å². The molecule has 136 valence electrons. The summed E-state index contributed by atoms with van der Waals surface area (Å²) in [5, 5.41) is 9.28. The summed E-state index contributed by atoms with van der Waals surface area (Å²) in [7, 11) is 0. The van der Waals surface area contributed by atoms with E-state index in [2.05, 4.69) is 0 Å². The maximum atomic E-state index is 14.0. The van der Waals surface area contributed by atoms with Crippen LogP contribution in [0.2, 0.25) is 0 Å². The van der Waals surface area contributed by atoms with Gasteiger partial charge in [0.1, 0.15) is 10.7 Å². The molecule has 0 spiro atoms. The summed E-state index contributed by atoms with van der Waals surface area (Å²) >= 11 is 1.14. The topological polar surface area (TPSA) is 83.6 Å². The molecule has 2 aromatic carbocycles. The minimum Gasteiger partial charge on any atom is -0.477 e. The summed E-state index contributed by atoms with van der Waals surface area (Å²) in [5.41, 5.74) is 8.64. The quantitative estimate of drug-likeness (QED) is 0.655. The molecule has 5 nitrogen and oxygen atoms in total. The third-order valence-corrected chi connectivity index (χ3v) is 5.72. The van der Waals surface area contributed by atoms with Gasteiger partial charge in [-0.15, -0.1) is 11.3 Å². The average Bonchev–Trinajstić information content (AvgIpc) is 3.01. The van der Waals surface area contributed by atoms with Gasteiger partial charge in [0.2, 0.25) is 0 Å². The van der Waals surface area contributed by atoms with Crippen molar-refractivity contribution in [2.75, 3.05) is 17.2 Å². The number of carbonyl (C=O) groups is 2. The van der Waals surface area contributed by atoms with Gasteiger partial charge in [-0.25, -0.2) is 9.18 Å². The van der Waals surface area contributed by atoms with E-state index in [1.54, 1.807) is 36.4 Å². The van der Waals surface area contributed by atoms with Crippen LogP contribution in [0, 0.1) is 5.82 Å². The highest BCUT2D eigenvalue weighted by Crippen LogP contribution is 2.42. The van der Waals surface area contributed by atoms with Crippen LogP contribution in [0.25, 0.3) is 10.4 Å². The number of rotatable bonds is 2. The summed E-state index contributed by atoms with van der Waals surface area (Å²) < 4.78 is 14.0. The fourth-order valence-corrected chi connectivity index (χ4v) is 4.30. The van der Waals surface area contributed by atoms with Gasteiger partial charge in [-0.3, -0.25) is 4.79 Å². The van der Waals surface area contributed by atoms with Gasteiger partial charge in [-0.1, -0.05) is 0 Å². The number of carbonyl (C=O) groups excluding carboxylic acids is 1. The third-order valence-electron chi connectivity index (χ3n) is 4.52. The standard InChI is InChI=1S/C20H15FN2O3S/c21-13-3-6-15-16(10-13)23(19(24)11-1-4-14(22)5-2-11)8-7-12-9-17(20(25)26)27-18(12)15/h1-6,9-10H,7-8,22H2,(H,25,26). The first-order valence-corrected chi connectivity index (χ1v) is 9.09. The fourth-order valence-electron chi connectivity index (χ4n) is 3.21. The molecule has 4 rings (SSSR count). The Bertz CT molecular complexity index is 1060. The number of aromatic carboxylic acids is 1. The van der Waals surface area contributed by atoms with Gasteiger partial charge < -0.3 is 15.7 Å². The van der Waals surface area contributed by atoms with Gasteiger partial charge in [-0.05, 0) is 60.5 Å². The highest BCUT2D eigenvalue weighted by Gasteiger charge is 2.28. The molecule has 27 heavy (non-hydrogen) atoms. The molecule has 0 fully saturated rings. The molecule has 0 aliphatic carbocycles. The van der Waals surface area contributed by atoms with E-state index in [-0.39, 0.29) is 10.8 Å². The van der Waals surface area contributed by atoms with Crippen LogP contribution in [0.15, 0.2) is 48.5 Å². The average molecular weight is 382 g/mol. The van der Waals surface area contributed by atoms with Crippen LogP contribution in [0.3, 0.4) is 0 Å². The molecule has 1 aromatic heterocycles. The zero-order valence-corrected chi connectivity index (χ0v) is 14.9. The van der Waals surface area contributed by atoms with Crippen LogP contribution in [0.4, 0.5) is 15.8 Å². The van der Waals surface area contributed by atoms with Crippen molar-refractivity contribution >= 4 is 34.6 Å². The van der Waals surface area contributed by atoms with Gasteiger partial charge in [0, 0.05) is 28.2 Å². The van der Waals surface area contributed by atoms with Crippen LogP contribution in [-0.4, -0.2) is 23.5 Å². The number of halogens is 1. The van der Waals surface area contributed by atoms with Crippen molar-refractivity contribution in [3.8, 4) is 10.4 Å². The Morgan fingerprint density at radius 2 is 1.85 bits per heavy atom. The number of nitrogens with zero attached hydrogens (tertiary/aromatic N) is 1. The zero-order chi connectivity index (χ0) is 19.1. The predicted octanol–water partition coefficient (Wildman–Crippen LogP) is 4.04. The maximum Gasteiger partial charge on any atom is 0.345 e. The van der Waals surface area contributed by atoms with Crippen molar-refractivity contribution in [3.05, 3.63) is 70.4 Å². The van der Waals surface area contributed by atoms with Crippen molar-refractivity contribution in [2.24, 2.45) is 0 Å². The fraction of sp³-hybridized carbons (Fsp3) is 0.100. The van der Waals surface area contributed by atoms with Crippen LogP contribution in [0.1, 0.15) is 25.6 Å².